The number of ether oxygens (including phenoxy) is 1. The molecule has 2 N–H and O–H groups in total. The molecular weight excluding hydrogens is 168 g/mol. The summed E-state index contributed by atoms with van der Waals surface area (Å²) in [6.45, 7) is 3.68. The molecule has 0 amide bonds. The highest BCUT2D eigenvalue weighted by molar-refractivity contribution is 5.33. The van der Waals surface area contributed by atoms with Gasteiger partial charge in [0.25, 0.3) is 5.56 Å². The molecule has 0 aromatic carbocycles. The Hall–Kier alpha value is -1.29. The van der Waals surface area contributed by atoms with Crippen LogP contribution in [0.4, 0.5) is 5.69 Å². The molecule has 0 aliphatic heterocycles. The predicted molar refractivity (Wildman–Crippen MR) is 51.6 cm³/mol. The topological polar surface area (TPSA) is 57.2 Å². The summed E-state index contributed by atoms with van der Waals surface area (Å²) < 4.78 is 6.68. The van der Waals surface area contributed by atoms with E-state index in [9.17, 15) is 4.79 Å². The molecule has 72 valence electrons. The molecule has 0 fully saturated rings. The molecule has 0 atom stereocenters. The first kappa shape index (κ1) is 9.80. The van der Waals surface area contributed by atoms with Crippen LogP contribution in [0.25, 0.3) is 0 Å². The third kappa shape index (κ3) is 2.59. The van der Waals surface area contributed by atoms with Crippen LogP contribution in [0.1, 0.15) is 6.92 Å². The minimum Gasteiger partial charge on any atom is -0.394 e. The molecule has 0 saturated heterocycles. The van der Waals surface area contributed by atoms with E-state index in [-0.39, 0.29) is 11.2 Å². The van der Waals surface area contributed by atoms with Gasteiger partial charge in [0.15, 0.2) is 0 Å². The molecule has 0 aliphatic carbocycles. The number of nitrogens with zero attached hydrogens (tertiary/aromatic N) is 1. The Bertz CT molecular complexity index is 320. The van der Waals surface area contributed by atoms with Crippen molar-refractivity contribution in [2.24, 2.45) is 0 Å². The lowest BCUT2D eigenvalue weighted by molar-refractivity contribution is 0.138. The van der Waals surface area contributed by atoms with Crippen LogP contribution < -0.4 is 11.3 Å². The standard InChI is InChI=1S/C9H14N2O2/c1-2-13-7-6-11-5-3-4-8(10)9(11)12/h3-5H,2,6-7,10H2,1H3. The highest BCUT2D eigenvalue weighted by Gasteiger charge is 1.97. The number of nitrogens with two attached hydrogens (primary N) is 1. The van der Waals surface area contributed by atoms with E-state index in [1.54, 1.807) is 22.9 Å². The molecule has 0 aliphatic rings. The summed E-state index contributed by atoms with van der Waals surface area (Å²) in [5, 5.41) is 0. The number of aromatic nitrogens is 1. The molecule has 1 aromatic heterocycles. The summed E-state index contributed by atoms with van der Waals surface area (Å²) >= 11 is 0. The van der Waals surface area contributed by atoms with Crippen molar-refractivity contribution in [3.8, 4) is 0 Å². The van der Waals surface area contributed by atoms with E-state index in [1.807, 2.05) is 6.92 Å². The second-order valence-corrected chi connectivity index (χ2v) is 2.66. The van der Waals surface area contributed by atoms with Gasteiger partial charge in [0, 0.05) is 19.3 Å². The second kappa shape index (κ2) is 4.67. The van der Waals surface area contributed by atoms with Gasteiger partial charge in [-0.05, 0) is 19.1 Å². The van der Waals surface area contributed by atoms with Gasteiger partial charge in [-0.1, -0.05) is 0 Å². The van der Waals surface area contributed by atoms with E-state index in [2.05, 4.69) is 0 Å². The van der Waals surface area contributed by atoms with Crippen LogP contribution in [0.2, 0.25) is 0 Å². The van der Waals surface area contributed by atoms with Crippen LogP contribution in [0.3, 0.4) is 0 Å². The summed E-state index contributed by atoms with van der Waals surface area (Å²) in [5.41, 5.74) is 5.58. The number of hydrogen-bond acceptors (Lipinski definition) is 3. The largest absolute Gasteiger partial charge is 0.394 e. The maximum Gasteiger partial charge on any atom is 0.273 e. The van der Waals surface area contributed by atoms with E-state index in [0.29, 0.717) is 19.8 Å². The van der Waals surface area contributed by atoms with Crippen molar-refractivity contribution in [3.05, 3.63) is 28.7 Å². The van der Waals surface area contributed by atoms with Gasteiger partial charge in [0.1, 0.15) is 0 Å². The Kier molecular flexibility index (Phi) is 3.52. The van der Waals surface area contributed by atoms with Gasteiger partial charge in [-0.25, -0.2) is 0 Å². The van der Waals surface area contributed by atoms with E-state index in [4.69, 9.17) is 10.5 Å². The predicted octanol–water partition coefficient (Wildman–Crippen LogP) is 0.467. The van der Waals surface area contributed by atoms with Crippen LogP contribution in [0.15, 0.2) is 23.1 Å². The van der Waals surface area contributed by atoms with E-state index in [0.717, 1.165) is 0 Å². The van der Waals surface area contributed by atoms with Gasteiger partial charge >= 0.3 is 0 Å². The zero-order valence-electron chi connectivity index (χ0n) is 7.69. The minimum atomic E-state index is -0.151. The molecule has 0 bridgehead atoms. The fourth-order valence-electron chi connectivity index (χ4n) is 1.04. The zero-order valence-corrected chi connectivity index (χ0v) is 7.69. The number of hydrogen-bond donors (Lipinski definition) is 1. The Morgan fingerprint density at radius 3 is 3.08 bits per heavy atom. The van der Waals surface area contributed by atoms with E-state index < -0.39 is 0 Å². The summed E-state index contributed by atoms with van der Waals surface area (Å²) in [4.78, 5) is 11.3. The van der Waals surface area contributed by atoms with Gasteiger partial charge in [-0.15, -0.1) is 0 Å². The molecule has 4 nitrogen and oxygen atoms in total. The van der Waals surface area contributed by atoms with E-state index >= 15 is 0 Å². The van der Waals surface area contributed by atoms with Gasteiger partial charge in [-0.3, -0.25) is 4.79 Å². The van der Waals surface area contributed by atoms with Gasteiger partial charge < -0.3 is 15.0 Å². The van der Waals surface area contributed by atoms with Crippen LogP contribution in [-0.2, 0) is 11.3 Å². The fourth-order valence-corrected chi connectivity index (χ4v) is 1.04. The zero-order chi connectivity index (χ0) is 9.68. The lowest BCUT2D eigenvalue weighted by Crippen LogP contribution is -2.23. The Labute approximate surface area is 76.9 Å². The first-order valence-corrected chi connectivity index (χ1v) is 4.28. The van der Waals surface area contributed by atoms with Crippen LogP contribution in [0.5, 0.6) is 0 Å². The van der Waals surface area contributed by atoms with Gasteiger partial charge in [0.05, 0.1) is 12.3 Å². The van der Waals surface area contributed by atoms with Gasteiger partial charge in [-0.2, -0.15) is 0 Å². The number of nitrogen functional groups attached to an aromatic ring is 1. The third-order valence-corrected chi connectivity index (χ3v) is 1.73. The Morgan fingerprint density at radius 2 is 2.38 bits per heavy atom. The van der Waals surface area contributed by atoms with Crippen LogP contribution in [-0.4, -0.2) is 17.8 Å². The minimum absolute atomic E-state index is 0.151. The fraction of sp³-hybridized carbons (Fsp3) is 0.444. The highest BCUT2D eigenvalue weighted by Crippen LogP contribution is 1.91. The van der Waals surface area contributed by atoms with Crippen molar-refractivity contribution in [1.82, 2.24) is 4.57 Å². The van der Waals surface area contributed by atoms with Crippen LogP contribution in [0, 0.1) is 0 Å². The Morgan fingerprint density at radius 1 is 1.62 bits per heavy atom. The monoisotopic (exact) mass is 182 g/mol. The quantitative estimate of drug-likeness (QED) is 0.688. The number of rotatable bonds is 4. The molecule has 4 heteroatoms. The average Bonchev–Trinajstić information content (AvgIpc) is 2.13. The lowest BCUT2D eigenvalue weighted by Gasteiger charge is -2.05. The summed E-state index contributed by atoms with van der Waals surface area (Å²) in [7, 11) is 0. The van der Waals surface area contributed by atoms with Gasteiger partial charge in [0.2, 0.25) is 0 Å². The Balaban J connectivity index is 2.67. The molecule has 1 heterocycles. The van der Waals surface area contributed by atoms with Crippen molar-refractivity contribution in [1.29, 1.82) is 0 Å². The summed E-state index contributed by atoms with van der Waals surface area (Å²) in [5.74, 6) is 0. The molecule has 1 aromatic rings. The first-order chi connectivity index (χ1) is 6.25. The molecule has 0 radical (unpaired) electrons. The molecule has 13 heavy (non-hydrogen) atoms. The first-order valence-electron chi connectivity index (χ1n) is 4.28. The average molecular weight is 182 g/mol. The van der Waals surface area contributed by atoms with Crippen LogP contribution >= 0.6 is 0 Å². The molecule has 0 saturated carbocycles. The maximum atomic E-state index is 11.3. The third-order valence-electron chi connectivity index (χ3n) is 1.73. The second-order valence-electron chi connectivity index (χ2n) is 2.66. The number of anilines is 1. The van der Waals surface area contributed by atoms with Crippen molar-refractivity contribution in [3.63, 3.8) is 0 Å². The highest BCUT2D eigenvalue weighted by atomic mass is 16.5. The molecule has 0 unspecified atom stereocenters. The molecule has 1 rings (SSSR count). The molecule has 0 spiro atoms. The smallest absolute Gasteiger partial charge is 0.273 e. The van der Waals surface area contributed by atoms with Crippen molar-refractivity contribution < 1.29 is 4.74 Å². The van der Waals surface area contributed by atoms with E-state index in [1.165, 1.54) is 0 Å². The normalized spacial score (nSPS) is 10.2. The van der Waals surface area contributed by atoms with Crippen molar-refractivity contribution >= 4 is 5.69 Å². The SMILES string of the molecule is CCOCCn1cccc(N)c1=O. The summed E-state index contributed by atoms with van der Waals surface area (Å²) in [6.07, 6.45) is 1.71. The lowest BCUT2D eigenvalue weighted by atomic mass is 10.4. The van der Waals surface area contributed by atoms with Crippen molar-refractivity contribution in [2.45, 2.75) is 13.5 Å². The summed E-state index contributed by atoms with van der Waals surface area (Å²) in [6, 6.07) is 3.35. The van der Waals surface area contributed by atoms with Crippen molar-refractivity contribution in [2.75, 3.05) is 18.9 Å². The number of pyridine rings is 1. The molecular formula is C9H14N2O2. The maximum absolute atomic E-state index is 11.3.